The topological polar surface area (TPSA) is 32.3 Å². The fourth-order valence-corrected chi connectivity index (χ4v) is 3.05. The van der Waals surface area contributed by atoms with Crippen LogP contribution in [0.3, 0.4) is 0 Å². The number of carbonyl (C=O) groups is 1. The van der Waals surface area contributed by atoms with Crippen LogP contribution in [0.4, 0.5) is 0 Å². The molecule has 0 aliphatic carbocycles. The van der Waals surface area contributed by atoms with Crippen LogP contribution in [0, 0.1) is 0 Å². The van der Waals surface area contributed by atoms with Gasteiger partial charge >= 0.3 is 0 Å². The van der Waals surface area contributed by atoms with Crippen LogP contribution >= 0.6 is 0 Å². The van der Waals surface area contributed by atoms with Gasteiger partial charge in [0.25, 0.3) is 0 Å². The van der Waals surface area contributed by atoms with Gasteiger partial charge in [-0.1, -0.05) is 42.5 Å². The van der Waals surface area contributed by atoms with Crippen LogP contribution in [0.5, 0.6) is 0 Å². The predicted molar refractivity (Wildman–Crippen MR) is 86.3 cm³/mol. The molecule has 21 heavy (non-hydrogen) atoms. The first-order chi connectivity index (χ1) is 10.2. The molecular weight excluding hydrogens is 260 g/mol. The molecule has 0 bridgehead atoms. The van der Waals surface area contributed by atoms with Crippen molar-refractivity contribution < 1.29 is 4.79 Å². The fraction of sp³-hybridized carbons (Fsp3) is 0.389. The molecule has 2 aromatic rings. The Kier molecular flexibility index (Phi) is 4.20. The van der Waals surface area contributed by atoms with Gasteiger partial charge in [0.1, 0.15) is 0 Å². The van der Waals surface area contributed by atoms with Crippen molar-refractivity contribution in [1.29, 1.82) is 0 Å². The average molecular weight is 282 g/mol. The molecule has 3 heteroatoms. The number of benzene rings is 2. The maximum Gasteiger partial charge on any atom is 0.226 e. The summed E-state index contributed by atoms with van der Waals surface area (Å²) in [4.78, 5) is 14.4. The molecule has 0 radical (unpaired) electrons. The van der Waals surface area contributed by atoms with Crippen LogP contribution in [0.25, 0.3) is 10.8 Å². The van der Waals surface area contributed by atoms with E-state index in [4.69, 9.17) is 0 Å². The van der Waals surface area contributed by atoms with E-state index in [0.717, 1.165) is 31.5 Å². The second kappa shape index (κ2) is 6.27. The first-order valence-corrected chi connectivity index (χ1v) is 7.68. The van der Waals surface area contributed by atoms with Gasteiger partial charge in [-0.15, -0.1) is 0 Å². The lowest BCUT2D eigenvalue weighted by Crippen LogP contribution is -2.44. The third kappa shape index (κ3) is 3.24. The van der Waals surface area contributed by atoms with Crippen LogP contribution in [0.15, 0.2) is 42.5 Å². The van der Waals surface area contributed by atoms with Crippen LogP contribution in [-0.4, -0.2) is 37.0 Å². The Morgan fingerprint density at radius 3 is 2.62 bits per heavy atom. The standard InChI is InChI=1S/C18H22N2O/c1-20(17-8-10-19-11-9-17)18(21)13-14-6-7-15-4-2-3-5-16(15)12-14/h2-7,12,17,19H,8-11,13H2,1H3. The average Bonchev–Trinajstić information content (AvgIpc) is 2.55. The summed E-state index contributed by atoms with van der Waals surface area (Å²) in [5.74, 6) is 0.220. The summed E-state index contributed by atoms with van der Waals surface area (Å²) >= 11 is 0. The van der Waals surface area contributed by atoms with Crippen molar-refractivity contribution in [2.24, 2.45) is 0 Å². The highest BCUT2D eigenvalue weighted by atomic mass is 16.2. The molecule has 0 unspecified atom stereocenters. The van der Waals surface area contributed by atoms with Gasteiger partial charge in [-0.2, -0.15) is 0 Å². The van der Waals surface area contributed by atoms with Crippen molar-refractivity contribution >= 4 is 16.7 Å². The number of hydrogen-bond acceptors (Lipinski definition) is 2. The molecule has 110 valence electrons. The molecule has 1 N–H and O–H groups in total. The summed E-state index contributed by atoms with van der Waals surface area (Å²) < 4.78 is 0. The summed E-state index contributed by atoms with van der Waals surface area (Å²) in [5.41, 5.74) is 1.10. The fourth-order valence-electron chi connectivity index (χ4n) is 3.05. The van der Waals surface area contributed by atoms with E-state index in [1.165, 1.54) is 10.8 Å². The zero-order chi connectivity index (χ0) is 14.7. The van der Waals surface area contributed by atoms with E-state index >= 15 is 0 Å². The minimum absolute atomic E-state index is 0.220. The predicted octanol–water partition coefficient (Wildman–Crippen LogP) is 2.59. The van der Waals surface area contributed by atoms with Crippen molar-refractivity contribution in [3.05, 3.63) is 48.0 Å². The van der Waals surface area contributed by atoms with Gasteiger partial charge in [0.15, 0.2) is 0 Å². The molecule has 0 atom stereocenters. The van der Waals surface area contributed by atoms with Gasteiger partial charge < -0.3 is 10.2 Å². The van der Waals surface area contributed by atoms with Crippen LogP contribution < -0.4 is 5.32 Å². The molecule has 3 rings (SSSR count). The zero-order valence-electron chi connectivity index (χ0n) is 12.5. The first kappa shape index (κ1) is 14.1. The van der Waals surface area contributed by atoms with Crippen molar-refractivity contribution in [2.75, 3.05) is 20.1 Å². The van der Waals surface area contributed by atoms with Crippen molar-refractivity contribution in [1.82, 2.24) is 10.2 Å². The molecular formula is C18H22N2O. The number of amides is 1. The van der Waals surface area contributed by atoms with E-state index in [2.05, 4.69) is 35.6 Å². The molecule has 2 aromatic carbocycles. The number of fused-ring (bicyclic) bond motifs is 1. The van der Waals surface area contributed by atoms with Gasteiger partial charge in [-0.3, -0.25) is 4.79 Å². The quantitative estimate of drug-likeness (QED) is 0.938. The van der Waals surface area contributed by atoms with Gasteiger partial charge in [0, 0.05) is 13.1 Å². The summed E-state index contributed by atoms with van der Waals surface area (Å²) in [6.45, 7) is 2.02. The molecule has 1 amide bonds. The maximum atomic E-state index is 12.5. The van der Waals surface area contributed by atoms with E-state index in [1.54, 1.807) is 0 Å². The highest BCUT2D eigenvalue weighted by Crippen LogP contribution is 2.17. The Morgan fingerprint density at radius 2 is 1.86 bits per heavy atom. The second-order valence-electron chi connectivity index (χ2n) is 5.84. The van der Waals surface area contributed by atoms with E-state index in [9.17, 15) is 4.79 Å². The largest absolute Gasteiger partial charge is 0.342 e. The van der Waals surface area contributed by atoms with Gasteiger partial charge in [-0.25, -0.2) is 0 Å². The van der Waals surface area contributed by atoms with E-state index in [0.29, 0.717) is 12.5 Å². The molecule has 3 nitrogen and oxygen atoms in total. The molecule has 1 fully saturated rings. The lowest BCUT2D eigenvalue weighted by molar-refractivity contribution is -0.131. The minimum Gasteiger partial charge on any atom is -0.342 e. The van der Waals surface area contributed by atoms with Crippen LogP contribution in [0.1, 0.15) is 18.4 Å². The molecule has 1 heterocycles. The van der Waals surface area contributed by atoms with E-state index < -0.39 is 0 Å². The van der Waals surface area contributed by atoms with E-state index in [-0.39, 0.29) is 5.91 Å². The zero-order valence-corrected chi connectivity index (χ0v) is 12.5. The number of rotatable bonds is 3. The molecule has 1 aliphatic rings. The lowest BCUT2D eigenvalue weighted by Gasteiger charge is -2.31. The monoisotopic (exact) mass is 282 g/mol. The molecule has 1 saturated heterocycles. The second-order valence-corrected chi connectivity index (χ2v) is 5.84. The Hall–Kier alpha value is -1.87. The Labute approximate surface area is 125 Å². The smallest absolute Gasteiger partial charge is 0.226 e. The van der Waals surface area contributed by atoms with Crippen molar-refractivity contribution in [3.63, 3.8) is 0 Å². The van der Waals surface area contributed by atoms with Gasteiger partial charge in [0.05, 0.1) is 6.42 Å². The first-order valence-electron chi connectivity index (χ1n) is 7.68. The maximum absolute atomic E-state index is 12.5. The highest BCUT2D eigenvalue weighted by Gasteiger charge is 2.21. The molecule has 0 aromatic heterocycles. The lowest BCUT2D eigenvalue weighted by atomic mass is 10.0. The third-order valence-corrected chi connectivity index (χ3v) is 4.42. The number of piperidine rings is 1. The van der Waals surface area contributed by atoms with Gasteiger partial charge in [0.2, 0.25) is 5.91 Å². The molecule has 1 aliphatic heterocycles. The number of nitrogens with one attached hydrogen (secondary N) is 1. The highest BCUT2D eigenvalue weighted by molar-refractivity contribution is 5.85. The van der Waals surface area contributed by atoms with Crippen LogP contribution in [-0.2, 0) is 11.2 Å². The Balaban J connectivity index is 1.70. The summed E-state index contributed by atoms with van der Waals surface area (Å²) in [5, 5.41) is 5.76. The molecule has 0 spiro atoms. The van der Waals surface area contributed by atoms with Crippen LogP contribution in [0.2, 0.25) is 0 Å². The number of likely N-dealkylation sites (N-methyl/N-ethyl adjacent to an activating group) is 1. The van der Waals surface area contributed by atoms with E-state index in [1.807, 2.05) is 24.1 Å². The van der Waals surface area contributed by atoms with Crippen molar-refractivity contribution in [3.8, 4) is 0 Å². The summed E-state index contributed by atoms with van der Waals surface area (Å²) in [6, 6.07) is 15.0. The van der Waals surface area contributed by atoms with Crippen molar-refractivity contribution in [2.45, 2.75) is 25.3 Å². The summed E-state index contributed by atoms with van der Waals surface area (Å²) in [6.07, 6.45) is 2.60. The number of hydrogen-bond donors (Lipinski definition) is 1. The Bertz CT molecular complexity index is 632. The Morgan fingerprint density at radius 1 is 1.14 bits per heavy atom. The van der Waals surface area contributed by atoms with Gasteiger partial charge in [-0.05, 0) is 42.3 Å². The normalized spacial score (nSPS) is 16.0. The third-order valence-electron chi connectivity index (χ3n) is 4.42. The summed E-state index contributed by atoms with van der Waals surface area (Å²) in [7, 11) is 1.94. The number of carbonyl (C=O) groups excluding carboxylic acids is 1. The number of nitrogens with zero attached hydrogens (tertiary/aromatic N) is 1. The molecule has 0 saturated carbocycles. The minimum atomic E-state index is 0.220. The SMILES string of the molecule is CN(C(=O)Cc1ccc2ccccc2c1)C1CCNCC1.